The van der Waals surface area contributed by atoms with Crippen LogP contribution in [-0.4, -0.2) is 35.6 Å². The van der Waals surface area contributed by atoms with Crippen LogP contribution in [0, 0.1) is 12.7 Å². The number of alkyl halides is 1. The highest BCUT2D eigenvalue weighted by atomic mass is 35.5. The Hall–Kier alpha value is -0.640. The lowest BCUT2D eigenvalue weighted by Crippen LogP contribution is -2.52. The minimum atomic E-state index is -0.189. The fourth-order valence-electron chi connectivity index (χ4n) is 2.70. The number of halogens is 2. The van der Waals surface area contributed by atoms with Gasteiger partial charge in [-0.3, -0.25) is 4.90 Å². The van der Waals surface area contributed by atoms with Gasteiger partial charge in [-0.2, -0.15) is 0 Å². The molecular formula is C15H21ClFNO. The number of hydrogen-bond acceptors (Lipinski definition) is 2. The Bertz CT molecular complexity index is 450. The molecule has 0 radical (unpaired) electrons. The predicted octanol–water partition coefficient (Wildman–Crippen LogP) is 3.35. The summed E-state index contributed by atoms with van der Waals surface area (Å²) in [4.78, 5) is 2.33. The van der Waals surface area contributed by atoms with Gasteiger partial charge in [0.15, 0.2) is 0 Å². The zero-order chi connectivity index (χ0) is 14.0. The van der Waals surface area contributed by atoms with Crippen molar-refractivity contribution < 1.29 is 9.13 Å². The molecule has 0 N–H and O–H groups in total. The molecule has 1 aliphatic rings. The summed E-state index contributed by atoms with van der Waals surface area (Å²) in [6.07, 6.45) is 0.0613. The van der Waals surface area contributed by atoms with Crippen LogP contribution in [0.2, 0.25) is 0 Å². The van der Waals surface area contributed by atoms with Crippen LogP contribution in [-0.2, 0) is 11.3 Å². The molecule has 1 atom stereocenters. The van der Waals surface area contributed by atoms with E-state index in [1.54, 1.807) is 6.07 Å². The van der Waals surface area contributed by atoms with E-state index in [1.165, 1.54) is 6.07 Å². The smallest absolute Gasteiger partial charge is 0.123 e. The maximum absolute atomic E-state index is 13.1. The van der Waals surface area contributed by atoms with Crippen LogP contribution in [0.5, 0.6) is 0 Å². The van der Waals surface area contributed by atoms with Gasteiger partial charge in [-0.05, 0) is 44.0 Å². The van der Waals surface area contributed by atoms with Gasteiger partial charge in [0, 0.05) is 25.5 Å². The minimum Gasteiger partial charge on any atom is -0.368 e. The fraction of sp³-hybridized carbons (Fsp3) is 0.600. The zero-order valence-corrected chi connectivity index (χ0v) is 12.5. The first kappa shape index (κ1) is 14.8. The lowest BCUT2D eigenvalue weighted by molar-refractivity contribution is -0.129. The average Bonchev–Trinajstić information content (AvgIpc) is 2.31. The van der Waals surface area contributed by atoms with Gasteiger partial charge in [-0.15, -0.1) is 11.6 Å². The van der Waals surface area contributed by atoms with Crippen LogP contribution < -0.4 is 0 Å². The Morgan fingerprint density at radius 1 is 1.47 bits per heavy atom. The minimum absolute atomic E-state index is 0.0613. The molecule has 1 unspecified atom stereocenters. The van der Waals surface area contributed by atoms with E-state index in [2.05, 4.69) is 18.7 Å². The van der Waals surface area contributed by atoms with Crippen molar-refractivity contribution in [3.8, 4) is 0 Å². The Balaban J connectivity index is 2.09. The zero-order valence-electron chi connectivity index (χ0n) is 11.7. The lowest BCUT2D eigenvalue weighted by atomic mass is 10.0. The maximum atomic E-state index is 13.1. The number of nitrogens with zero attached hydrogens (tertiary/aromatic N) is 1. The summed E-state index contributed by atoms with van der Waals surface area (Å²) in [7, 11) is 0. The first-order valence-electron chi connectivity index (χ1n) is 6.61. The molecule has 0 bridgehead atoms. The van der Waals surface area contributed by atoms with Gasteiger partial charge >= 0.3 is 0 Å². The first-order valence-corrected chi connectivity index (χ1v) is 7.14. The van der Waals surface area contributed by atoms with E-state index in [4.69, 9.17) is 16.3 Å². The van der Waals surface area contributed by atoms with E-state index < -0.39 is 0 Å². The molecule has 2 nitrogen and oxygen atoms in total. The van der Waals surface area contributed by atoms with Crippen molar-refractivity contribution in [3.63, 3.8) is 0 Å². The van der Waals surface area contributed by atoms with E-state index >= 15 is 0 Å². The van der Waals surface area contributed by atoms with E-state index in [1.807, 2.05) is 13.0 Å². The second-order valence-corrected chi connectivity index (χ2v) is 6.20. The van der Waals surface area contributed by atoms with E-state index in [9.17, 15) is 4.39 Å². The first-order chi connectivity index (χ1) is 8.89. The fourth-order valence-corrected chi connectivity index (χ4v) is 2.86. The molecule has 19 heavy (non-hydrogen) atoms. The third-order valence-corrected chi connectivity index (χ3v) is 3.77. The van der Waals surface area contributed by atoms with Gasteiger partial charge < -0.3 is 4.74 Å². The molecule has 1 heterocycles. The summed E-state index contributed by atoms with van der Waals surface area (Å²) in [5.74, 6) is 0.324. The van der Waals surface area contributed by atoms with Crippen LogP contribution in [0.15, 0.2) is 18.2 Å². The Labute approximate surface area is 119 Å². The standard InChI is InChI=1S/C15H21ClFNO/c1-11-6-13(17)5-4-12(11)8-18-9-14(7-16)19-15(2,3)10-18/h4-6,14H,7-10H2,1-3H3. The molecule has 2 rings (SSSR count). The average molecular weight is 286 g/mol. The molecule has 0 amide bonds. The van der Waals surface area contributed by atoms with Crippen molar-refractivity contribution in [3.05, 3.63) is 35.1 Å². The molecule has 0 saturated carbocycles. The number of benzene rings is 1. The molecule has 106 valence electrons. The summed E-state index contributed by atoms with van der Waals surface area (Å²) in [6, 6.07) is 4.97. The second kappa shape index (κ2) is 5.78. The van der Waals surface area contributed by atoms with Crippen molar-refractivity contribution in [2.45, 2.75) is 39.0 Å². The van der Waals surface area contributed by atoms with Crippen molar-refractivity contribution in [1.29, 1.82) is 0 Å². The monoisotopic (exact) mass is 285 g/mol. The summed E-state index contributed by atoms with van der Waals surface area (Å²) in [5.41, 5.74) is 1.96. The summed E-state index contributed by atoms with van der Waals surface area (Å²) >= 11 is 5.93. The molecule has 1 aliphatic heterocycles. The Morgan fingerprint density at radius 2 is 2.21 bits per heavy atom. The maximum Gasteiger partial charge on any atom is 0.123 e. The van der Waals surface area contributed by atoms with Gasteiger partial charge in [0.1, 0.15) is 5.82 Å². The normalized spacial score (nSPS) is 23.5. The number of morpholine rings is 1. The summed E-state index contributed by atoms with van der Waals surface area (Å²) in [5, 5.41) is 0. The molecule has 4 heteroatoms. The third kappa shape index (κ3) is 3.91. The van der Waals surface area contributed by atoms with Crippen LogP contribution >= 0.6 is 11.6 Å². The van der Waals surface area contributed by atoms with E-state index in [-0.39, 0.29) is 17.5 Å². The van der Waals surface area contributed by atoms with Gasteiger partial charge in [-0.25, -0.2) is 4.39 Å². The highest BCUT2D eigenvalue weighted by molar-refractivity contribution is 6.18. The molecule has 1 aromatic carbocycles. The molecule has 0 aliphatic carbocycles. The third-order valence-electron chi connectivity index (χ3n) is 3.42. The summed E-state index contributed by atoms with van der Waals surface area (Å²) < 4.78 is 19.0. The van der Waals surface area contributed by atoms with Gasteiger partial charge in [-0.1, -0.05) is 6.07 Å². The molecular weight excluding hydrogens is 265 g/mol. The Morgan fingerprint density at radius 3 is 2.84 bits per heavy atom. The SMILES string of the molecule is Cc1cc(F)ccc1CN1CC(CCl)OC(C)(C)C1. The van der Waals surface area contributed by atoms with Crippen LogP contribution in [0.3, 0.4) is 0 Å². The predicted molar refractivity (Wildman–Crippen MR) is 76.1 cm³/mol. The number of ether oxygens (including phenoxy) is 1. The highest BCUT2D eigenvalue weighted by Crippen LogP contribution is 2.24. The molecule has 0 aromatic heterocycles. The Kier molecular flexibility index (Phi) is 4.49. The number of aryl methyl sites for hydroxylation is 1. The molecule has 1 aromatic rings. The van der Waals surface area contributed by atoms with Crippen molar-refractivity contribution in [2.24, 2.45) is 0 Å². The van der Waals surface area contributed by atoms with Crippen LogP contribution in [0.1, 0.15) is 25.0 Å². The highest BCUT2D eigenvalue weighted by Gasteiger charge is 2.32. The van der Waals surface area contributed by atoms with Crippen molar-refractivity contribution in [1.82, 2.24) is 4.90 Å². The summed E-state index contributed by atoms with van der Waals surface area (Å²) in [6.45, 7) is 8.60. The van der Waals surface area contributed by atoms with Gasteiger partial charge in [0.25, 0.3) is 0 Å². The quantitative estimate of drug-likeness (QED) is 0.790. The largest absolute Gasteiger partial charge is 0.368 e. The number of rotatable bonds is 3. The lowest BCUT2D eigenvalue weighted by Gasteiger charge is -2.42. The molecule has 1 fully saturated rings. The van der Waals surface area contributed by atoms with Crippen molar-refractivity contribution >= 4 is 11.6 Å². The van der Waals surface area contributed by atoms with Crippen molar-refractivity contribution in [2.75, 3.05) is 19.0 Å². The molecule has 1 saturated heterocycles. The van der Waals surface area contributed by atoms with Crippen LogP contribution in [0.4, 0.5) is 4.39 Å². The topological polar surface area (TPSA) is 12.5 Å². The number of hydrogen-bond donors (Lipinski definition) is 0. The van der Waals surface area contributed by atoms with E-state index in [0.717, 1.165) is 30.8 Å². The molecule has 0 spiro atoms. The second-order valence-electron chi connectivity index (χ2n) is 5.89. The van der Waals surface area contributed by atoms with Gasteiger partial charge in [0.2, 0.25) is 0 Å². The van der Waals surface area contributed by atoms with Crippen LogP contribution in [0.25, 0.3) is 0 Å². The van der Waals surface area contributed by atoms with Gasteiger partial charge in [0.05, 0.1) is 11.7 Å². The van der Waals surface area contributed by atoms with E-state index in [0.29, 0.717) is 5.88 Å².